The number of aliphatic hydroxyl groups is 2. The van der Waals surface area contributed by atoms with Crippen LogP contribution in [-0.4, -0.2) is 62.9 Å². The third kappa shape index (κ3) is 7.09. The lowest BCUT2D eigenvalue weighted by atomic mass is 10.1. The SMILES string of the molecule is CC(C)OC(=O)[C@H](C)CP(=O)(OC[C@H]1O[C@@H](n2ccc(=S)[nH]c2=O)C(O)[C@H]1O)Oc1ccccc1. The fraction of sp³-hybridized carbons (Fsp3) is 0.500. The van der Waals surface area contributed by atoms with Crippen LogP contribution in [0.4, 0.5) is 0 Å². The summed E-state index contributed by atoms with van der Waals surface area (Å²) in [6, 6.07) is 9.72. The fourth-order valence-electron chi connectivity index (χ4n) is 3.43. The number of aromatic amines is 1. The topological polar surface area (TPSA) is 149 Å². The second kappa shape index (κ2) is 11.6. The van der Waals surface area contributed by atoms with Crippen molar-refractivity contribution >= 4 is 25.8 Å². The van der Waals surface area contributed by atoms with E-state index in [2.05, 4.69) is 4.98 Å². The summed E-state index contributed by atoms with van der Waals surface area (Å²) in [5.74, 6) is -1.11. The van der Waals surface area contributed by atoms with Crippen molar-refractivity contribution in [3.8, 4) is 5.75 Å². The normalized spacial score (nSPS) is 24.6. The molecule has 3 rings (SSSR count). The minimum atomic E-state index is -3.96. The first-order valence-corrected chi connectivity index (χ1v) is 13.1. The van der Waals surface area contributed by atoms with Crippen molar-refractivity contribution in [2.75, 3.05) is 12.8 Å². The van der Waals surface area contributed by atoms with Gasteiger partial charge < -0.3 is 24.2 Å². The summed E-state index contributed by atoms with van der Waals surface area (Å²) in [5.41, 5.74) is -0.633. The van der Waals surface area contributed by atoms with Crippen molar-refractivity contribution < 1.29 is 38.1 Å². The molecule has 2 aromatic rings. The molecule has 1 aliphatic rings. The second-order valence-corrected chi connectivity index (χ2v) is 10.9. The van der Waals surface area contributed by atoms with Gasteiger partial charge in [-0.3, -0.25) is 18.9 Å². The Morgan fingerprint density at radius 3 is 2.51 bits per heavy atom. The van der Waals surface area contributed by atoms with E-state index < -0.39 is 56.3 Å². The third-order valence-corrected chi connectivity index (χ3v) is 7.40. The number of nitrogens with zero attached hydrogens (tertiary/aromatic N) is 1. The van der Waals surface area contributed by atoms with Crippen LogP contribution in [0.15, 0.2) is 47.4 Å². The number of hydrogen-bond acceptors (Lipinski definition) is 10. The molecule has 1 aliphatic heterocycles. The Hall–Kier alpha value is -2.34. The zero-order valence-corrected chi connectivity index (χ0v) is 21.2. The van der Waals surface area contributed by atoms with Gasteiger partial charge in [0, 0.05) is 6.20 Å². The highest BCUT2D eigenvalue weighted by atomic mass is 32.1. The Morgan fingerprint density at radius 2 is 1.89 bits per heavy atom. The van der Waals surface area contributed by atoms with E-state index in [-0.39, 0.29) is 22.7 Å². The van der Waals surface area contributed by atoms with Crippen LogP contribution in [0, 0.1) is 10.6 Å². The maximum Gasteiger partial charge on any atom is 0.380 e. The van der Waals surface area contributed by atoms with Gasteiger partial charge in [0.05, 0.1) is 24.8 Å². The zero-order chi connectivity index (χ0) is 25.8. The van der Waals surface area contributed by atoms with Crippen LogP contribution >= 0.6 is 19.8 Å². The molecule has 0 aliphatic carbocycles. The van der Waals surface area contributed by atoms with E-state index in [0.717, 1.165) is 4.57 Å². The van der Waals surface area contributed by atoms with Crippen LogP contribution in [0.3, 0.4) is 0 Å². The summed E-state index contributed by atoms with van der Waals surface area (Å²) < 4.78 is 37.0. The summed E-state index contributed by atoms with van der Waals surface area (Å²) in [5, 5.41) is 20.9. The van der Waals surface area contributed by atoms with Gasteiger partial charge >= 0.3 is 19.3 Å². The number of aromatic nitrogens is 2. The molecule has 0 bridgehead atoms. The number of hydrogen-bond donors (Lipinski definition) is 3. The number of H-pyrrole nitrogens is 1. The van der Waals surface area contributed by atoms with E-state index in [1.165, 1.54) is 12.3 Å². The second-order valence-electron chi connectivity index (χ2n) is 8.44. The molecule has 35 heavy (non-hydrogen) atoms. The Kier molecular flexibility index (Phi) is 9.03. The highest BCUT2D eigenvalue weighted by molar-refractivity contribution is 7.71. The summed E-state index contributed by atoms with van der Waals surface area (Å²) in [4.78, 5) is 26.9. The van der Waals surface area contributed by atoms with Crippen LogP contribution < -0.4 is 10.2 Å². The van der Waals surface area contributed by atoms with Crippen molar-refractivity contribution in [3.63, 3.8) is 0 Å². The molecular formula is C22H29N2O9PS. The number of carbonyl (C=O) groups is 1. The van der Waals surface area contributed by atoms with Gasteiger partial charge in [-0.25, -0.2) is 9.36 Å². The Labute approximate surface area is 207 Å². The van der Waals surface area contributed by atoms with Crippen molar-refractivity contribution in [3.05, 3.63) is 57.7 Å². The first-order chi connectivity index (χ1) is 16.5. The summed E-state index contributed by atoms with van der Waals surface area (Å²) in [7, 11) is -3.96. The smallest absolute Gasteiger partial charge is 0.380 e. The van der Waals surface area contributed by atoms with Crippen LogP contribution in [-0.2, 0) is 23.4 Å². The molecule has 2 unspecified atom stereocenters. The van der Waals surface area contributed by atoms with E-state index in [9.17, 15) is 24.4 Å². The van der Waals surface area contributed by atoms with Crippen molar-refractivity contribution in [1.29, 1.82) is 0 Å². The number of aliphatic hydroxyl groups excluding tert-OH is 2. The van der Waals surface area contributed by atoms with E-state index in [4.69, 9.17) is 30.7 Å². The van der Waals surface area contributed by atoms with E-state index in [0.29, 0.717) is 0 Å². The Morgan fingerprint density at radius 1 is 1.20 bits per heavy atom. The molecular weight excluding hydrogens is 499 g/mol. The van der Waals surface area contributed by atoms with Gasteiger partial charge in [-0.1, -0.05) is 37.3 Å². The maximum atomic E-state index is 13.6. The standard InChI is InChI=1S/C22H29N2O9PS/c1-13(2)31-21(27)14(3)12-34(29,33-15-7-5-4-6-8-15)30-11-16-18(25)19(26)20(32-16)24-10-9-17(35)23-22(24)28/h4-10,13-14,16,18-20,25-26H,11-12H2,1-3H3,(H,23,28,35)/t14-,16-,18+,19?,20-,34?/m1/s1. The van der Waals surface area contributed by atoms with Crippen LogP contribution in [0.1, 0.15) is 27.0 Å². The lowest BCUT2D eigenvalue weighted by Gasteiger charge is -2.24. The van der Waals surface area contributed by atoms with E-state index in [1.54, 1.807) is 51.1 Å². The monoisotopic (exact) mass is 528 g/mol. The molecule has 6 atom stereocenters. The number of nitrogens with one attached hydrogen (secondary N) is 1. The molecule has 0 radical (unpaired) electrons. The summed E-state index contributed by atoms with van der Waals surface area (Å²) >= 11 is 4.90. The van der Waals surface area contributed by atoms with Crippen LogP contribution in [0.2, 0.25) is 0 Å². The molecule has 0 amide bonds. The van der Waals surface area contributed by atoms with Crippen molar-refractivity contribution in [2.24, 2.45) is 5.92 Å². The number of benzene rings is 1. The van der Waals surface area contributed by atoms with Gasteiger partial charge in [0.15, 0.2) is 6.23 Å². The number of ether oxygens (including phenoxy) is 2. The largest absolute Gasteiger partial charge is 0.463 e. The molecule has 192 valence electrons. The summed E-state index contributed by atoms with van der Waals surface area (Å²) in [6.07, 6.45) is -4.62. The highest BCUT2D eigenvalue weighted by Crippen LogP contribution is 2.50. The molecule has 3 N–H and O–H groups in total. The van der Waals surface area contributed by atoms with Crippen molar-refractivity contribution in [1.82, 2.24) is 9.55 Å². The average Bonchev–Trinajstić information content (AvgIpc) is 3.06. The quantitative estimate of drug-likeness (QED) is 0.238. The van der Waals surface area contributed by atoms with Gasteiger partial charge in [0.1, 0.15) is 28.7 Å². The molecule has 1 aromatic carbocycles. The molecule has 0 spiro atoms. The van der Waals surface area contributed by atoms with Gasteiger partial charge in [-0.2, -0.15) is 0 Å². The first kappa shape index (κ1) is 27.3. The fourth-order valence-corrected chi connectivity index (χ4v) is 5.45. The molecule has 11 nitrogen and oxygen atoms in total. The van der Waals surface area contributed by atoms with E-state index >= 15 is 0 Å². The molecule has 1 fully saturated rings. The molecule has 1 saturated heterocycles. The molecule has 13 heteroatoms. The van der Waals surface area contributed by atoms with Gasteiger partial charge in [0.2, 0.25) is 0 Å². The minimum absolute atomic E-state index is 0.197. The highest BCUT2D eigenvalue weighted by Gasteiger charge is 2.45. The van der Waals surface area contributed by atoms with Gasteiger partial charge in [-0.15, -0.1) is 0 Å². The number of rotatable bonds is 10. The van der Waals surface area contributed by atoms with Crippen molar-refractivity contribution in [2.45, 2.75) is 51.4 Å². The van der Waals surface area contributed by atoms with Gasteiger partial charge in [0.25, 0.3) is 0 Å². The van der Waals surface area contributed by atoms with Crippen LogP contribution in [0.25, 0.3) is 0 Å². The number of esters is 1. The Balaban J connectivity index is 1.75. The summed E-state index contributed by atoms with van der Waals surface area (Å²) in [6.45, 7) is 4.50. The minimum Gasteiger partial charge on any atom is -0.463 e. The van der Waals surface area contributed by atoms with Crippen LogP contribution in [0.5, 0.6) is 5.75 Å². The molecule has 1 aromatic heterocycles. The van der Waals surface area contributed by atoms with E-state index in [1.807, 2.05) is 0 Å². The predicted molar refractivity (Wildman–Crippen MR) is 128 cm³/mol. The third-order valence-electron chi connectivity index (χ3n) is 5.14. The lowest BCUT2D eigenvalue weighted by Crippen LogP contribution is -2.36. The zero-order valence-electron chi connectivity index (χ0n) is 19.5. The lowest BCUT2D eigenvalue weighted by molar-refractivity contribution is -0.151. The van der Waals surface area contributed by atoms with Gasteiger partial charge in [-0.05, 0) is 32.0 Å². The first-order valence-electron chi connectivity index (χ1n) is 11.0. The average molecular weight is 529 g/mol. The maximum absolute atomic E-state index is 13.6. The Bertz CT molecular complexity index is 1170. The predicted octanol–water partition coefficient (Wildman–Crippen LogP) is 2.40. The number of carbonyl (C=O) groups excluding carboxylic acids is 1. The molecule has 2 heterocycles. The number of para-hydroxylation sites is 1. The molecule has 0 saturated carbocycles.